The SMILES string of the molecule is CC(CN)C(C)NC(=O)c1cc(O)ccc1O. The highest BCUT2D eigenvalue weighted by Crippen LogP contribution is 2.22. The van der Waals surface area contributed by atoms with Gasteiger partial charge >= 0.3 is 0 Å². The van der Waals surface area contributed by atoms with Crippen molar-refractivity contribution in [1.29, 1.82) is 0 Å². The highest BCUT2D eigenvalue weighted by Gasteiger charge is 2.17. The number of amides is 1. The van der Waals surface area contributed by atoms with Gasteiger partial charge in [-0.05, 0) is 37.6 Å². The van der Waals surface area contributed by atoms with Crippen molar-refractivity contribution in [2.75, 3.05) is 6.54 Å². The Morgan fingerprint density at radius 3 is 2.65 bits per heavy atom. The summed E-state index contributed by atoms with van der Waals surface area (Å²) in [5.41, 5.74) is 5.56. The lowest BCUT2D eigenvalue weighted by molar-refractivity contribution is 0.0926. The van der Waals surface area contributed by atoms with Gasteiger partial charge in [-0.25, -0.2) is 0 Å². The number of hydrogen-bond donors (Lipinski definition) is 4. The molecule has 5 nitrogen and oxygen atoms in total. The van der Waals surface area contributed by atoms with Crippen molar-refractivity contribution in [3.63, 3.8) is 0 Å². The average molecular weight is 238 g/mol. The molecule has 2 unspecified atom stereocenters. The van der Waals surface area contributed by atoms with Gasteiger partial charge in [-0.15, -0.1) is 0 Å². The molecule has 0 saturated carbocycles. The molecule has 0 aliphatic rings. The number of carbonyl (C=O) groups excluding carboxylic acids is 1. The standard InChI is InChI=1S/C12H18N2O3/c1-7(6-13)8(2)14-12(17)10-5-9(15)3-4-11(10)16/h3-5,7-8,15-16H,6,13H2,1-2H3,(H,14,17). The van der Waals surface area contributed by atoms with Crippen LogP contribution in [-0.4, -0.2) is 28.7 Å². The van der Waals surface area contributed by atoms with Gasteiger partial charge < -0.3 is 21.3 Å². The van der Waals surface area contributed by atoms with Crippen LogP contribution in [0.4, 0.5) is 0 Å². The first kappa shape index (κ1) is 13.3. The van der Waals surface area contributed by atoms with E-state index in [1.54, 1.807) is 0 Å². The summed E-state index contributed by atoms with van der Waals surface area (Å²) in [5.74, 6) is -0.509. The average Bonchev–Trinajstić information content (AvgIpc) is 2.30. The van der Waals surface area contributed by atoms with Crippen LogP contribution in [0.3, 0.4) is 0 Å². The van der Waals surface area contributed by atoms with Crippen LogP contribution in [0.2, 0.25) is 0 Å². The Morgan fingerprint density at radius 1 is 1.41 bits per heavy atom. The normalized spacial score (nSPS) is 14.1. The smallest absolute Gasteiger partial charge is 0.255 e. The van der Waals surface area contributed by atoms with Crippen molar-refractivity contribution in [2.24, 2.45) is 11.7 Å². The highest BCUT2D eigenvalue weighted by molar-refractivity contribution is 5.97. The minimum Gasteiger partial charge on any atom is -0.508 e. The van der Waals surface area contributed by atoms with E-state index in [1.807, 2.05) is 13.8 Å². The number of benzene rings is 1. The first-order valence-corrected chi connectivity index (χ1v) is 5.48. The zero-order chi connectivity index (χ0) is 13.0. The summed E-state index contributed by atoms with van der Waals surface area (Å²) in [6.45, 7) is 4.23. The molecule has 1 aromatic carbocycles. The zero-order valence-corrected chi connectivity index (χ0v) is 9.97. The molecule has 0 saturated heterocycles. The van der Waals surface area contributed by atoms with Crippen molar-refractivity contribution < 1.29 is 15.0 Å². The molecule has 1 rings (SSSR count). The van der Waals surface area contributed by atoms with Crippen molar-refractivity contribution in [3.05, 3.63) is 23.8 Å². The summed E-state index contributed by atoms with van der Waals surface area (Å²) in [5, 5.41) is 21.5. The number of aromatic hydroxyl groups is 2. The Kier molecular flexibility index (Phi) is 4.34. The van der Waals surface area contributed by atoms with Crippen LogP contribution in [-0.2, 0) is 0 Å². The Bertz CT molecular complexity index is 407. The quantitative estimate of drug-likeness (QED) is 0.584. The highest BCUT2D eigenvalue weighted by atomic mass is 16.3. The molecule has 0 heterocycles. The van der Waals surface area contributed by atoms with Crippen LogP contribution in [0.1, 0.15) is 24.2 Å². The van der Waals surface area contributed by atoms with E-state index in [4.69, 9.17) is 5.73 Å². The molecule has 5 heteroatoms. The van der Waals surface area contributed by atoms with Crippen LogP contribution < -0.4 is 11.1 Å². The number of phenolic OH excluding ortho intramolecular Hbond substituents is 2. The molecule has 17 heavy (non-hydrogen) atoms. The fraction of sp³-hybridized carbons (Fsp3) is 0.417. The predicted molar refractivity (Wildman–Crippen MR) is 64.9 cm³/mol. The number of rotatable bonds is 4. The molecule has 0 spiro atoms. The third-order valence-electron chi connectivity index (χ3n) is 2.81. The Morgan fingerprint density at radius 2 is 2.06 bits per heavy atom. The molecular weight excluding hydrogens is 220 g/mol. The molecule has 5 N–H and O–H groups in total. The van der Waals surface area contributed by atoms with Crippen molar-refractivity contribution in [1.82, 2.24) is 5.32 Å². The minimum absolute atomic E-state index is 0.0565. The third-order valence-corrected chi connectivity index (χ3v) is 2.81. The lowest BCUT2D eigenvalue weighted by Gasteiger charge is -2.20. The molecule has 0 aromatic heterocycles. The fourth-order valence-corrected chi connectivity index (χ4v) is 1.34. The van der Waals surface area contributed by atoms with E-state index in [-0.39, 0.29) is 29.0 Å². The summed E-state index contributed by atoms with van der Waals surface area (Å²) in [6.07, 6.45) is 0. The van der Waals surface area contributed by atoms with Gasteiger partial charge in [0, 0.05) is 6.04 Å². The molecule has 0 fully saturated rings. The maximum absolute atomic E-state index is 11.8. The molecule has 94 valence electrons. The maximum atomic E-state index is 11.8. The minimum atomic E-state index is -0.425. The van der Waals surface area contributed by atoms with E-state index in [0.29, 0.717) is 6.54 Å². The second kappa shape index (κ2) is 5.54. The van der Waals surface area contributed by atoms with E-state index < -0.39 is 5.91 Å². The van der Waals surface area contributed by atoms with Gasteiger partial charge in [-0.1, -0.05) is 6.92 Å². The van der Waals surface area contributed by atoms with Gasteiger partial charge in [0.15, 0.2) is 0 Å². The van der Waals surface area contributed by atoms with Crippen LogP contribution in [0.5, 0.6) is 11.5 Å². The van der Waals surface area contributed by atoms with E-state index >= 15 is 0 Å². The van der Waals surface area contributed by atoms with Crippen molar-refractivity contribution in [3.8, 4) is 11.5 Å². The zero-order valence-electron chi connectivity index (χ0n) is 9.97. The topological polar surface area (TPSA) is 95.6 Å². The second-order valence-corrected chi connectivity index (χ2v) is 4.18. The maximum Gasteiger partial charge on any atom is 0.255 e. The largest absolute Gasteiger partial charge is 0.508 e. The van der Waals surface area contributed by atoms with Crippen LogP contribution in [0.15, 0.2) is 18.2 Å². The number of phenols is 2. The van der Waals surface area contributed by atoms with Gasteiger partial charge in [-0.2, -0.15) is 0 Å². The van der Waals surface area contributed by atoms with Crippen LogP contribution in [0.25, 0.3) is 0 Å². The number of nitrogens with one attached hydrogen (secondary N) is 1. The molecule has 0 aliphatic carbocycles. The van der Waals surface area contributed by atoms with Gasteiger partial charge in [0.2, 0.25) is 0 Å². The summed E-state index contributed by atoms with van der Waals surface area (Å²) < 4.78 is 0. The molecule has 2 atom stereocenters. The summed E-state index contributed by atoms with van der Waals surface area (Å²) >= 11 is 0. The first-order chi connectivity index (χ1) is 7.95. The Labute approximate surface area is 100 Å². The van der Waals surface area contributed by atoms with Crippen LogP contribution >= 0.6 is 0 Å². The molecule has 1 amide bonds. The lowest BCUT2D eigenvalue weighted by atomic mass is 10.0. The molecule has 0 aliphatic heterocycles. The first-order valence-electron chi connectivity index (χ1n) is 5.48. The lowest BCUT2D eigenvalue weighted by Crippen LogP contribution is -2.39. The number of nitrogens with two attached hydrogens (primary N) is 1. The monoisotopic (exact) mass is 238 g/mol. The summed E-state index contributed by atoms with van der Waals surface area (Å²) in [6, 6.07) is 3.72. The van der Waals surface area contributed by atoms with Gasteiger partial charge in [0.25, 0.3) is 5.91 Å². The fourth-order valence-electron chi connectivity index (χ4n) is 1.34. The molecule has 0 radical (unpaired) electrons. The second-order valence-electron chi connectivity index (χ2n) is 4.18. The van der Waals surface area contributed by atoms with Crippen molar-refractivity contribution in [2.45, 2.75) is 19.9 Å². The predicted octanol–water partition coefficient (Wildman–Crippen LogP) is 0.811. The summed E-state index contributed by atoms with van der Waals surface area (Å²) in [4.78, 5) is 11.8. The number of carbonyl (C=O) groups is 1. The third kappa shape index (κ3) is 3.35. The van der Waals surface area contributed by atoms with Gasteiger partial charge in [0.05, 0.1) is 5.56 Å². The van der Waals surface area contributed by atoms with Crippen molar-refractivity contribution >= 4 is 5.91 Å². The summed E-state index contributed by atoms with van der Waals surface area (Å²) in [7, 11) is 0. The van der Waals surface area contributed by atoms with Crippen LogP contribution in [0, 0.1) is 5.92 Å². The van der Waals surface area contributed by atoms with Gasteiger partial charge in [0.1, 0.15) is 11.5 Å². The molecular formula is C12H18N2O3. The van der Waals surface area contributed by atoms with E-state index in [2.05, 4.69) is 5.32 Å². The Balaban J connectivity index is 2.79. The molecule has 0 bridgehead atoms. The number of hydrogen-bond acceptors (Lipinski definition) is 4. The molecule has 1 aromatic rings. The van der Waals surface area contributed by atoms with Gasteiger partial charge in [-0.3, -0.25) is 4.79 Å². The van der Waals surface area contributed by atoms with E-state index in [0.717, 1.165) is 0 Å². The van der Waals surface area contributed by atoms with E-state index in [1.165, 1.54) is 18.2 Å². The van der Waals surface area contributed by atoms with E-state index in [9.17, 15) is 15.0 Å². The Hall–Kier alpha value is -1.75.